The van der Waals surface area contributed by atoms with E-state index < -0.39 is 0 Å². The molecule has 7 nitrogen and oxygen atoms in total. The van der Waals surface area contributed by atoms with Gasteiger partial charge < -0.3 is 15.6 Å². The molecule has 0 saturated carbocycles. The van der Waals surface area contributed by atoms with Gasteiger partial charge in [-0.15, -0.1) is 0 Å². The van der Waals surface area contributed by atoms with Crippen molar-refractivity contribution >= 4 is 22.9 Å². The smallest absolute Gasteiger partial charge is 0.221 e. The molecule has 0 unspecified atom stereocenters. The number of imidazole rings is 1. The molecule has 3 N–H and O–H groups in total. The van der Waals surface area contributed by atoms with Gasteiger partial charge in [-0.25, -0.2) is 15.0 Å². The molecule has 0 bridgehead atoms. The van der Waals surface area contributed by atoms with Crippen molar-refractivity contribution in [2.45, 2.75) is 19.8 Å². The molecule has 0 aliphatic heterocycles. The molecule has 2 rings (SSSR count). The molecule has 0 aromatic carbocycles. The van der Waals surface area contributed by atoms with Gasteiger partial charge in [-0.05, 0) is 6.42 Å². The second kappa shape index (κ2) is 5.95. The summed E-state index contributed by atoms with van der Waals surface area (Å²) < 4.78 is 0. The van der Waals surface area contributed by atoms with E-state index in [1.54, 1.807) is 6.33 Å². The average Bonchev–Trinajstić information content (AvgIpc) is 2.85. The monoisotopic (exact) mass is 248 g/mol. The van der Waals surface area contributed by atoms with E-state index in [9.17, 15) is 4.79 Å². The predicted octanol–water partition coefficient (Wildman–Crippen LogP) is 0.681. The van der Waals surface area contributed by atoms with Gasteiger partial charge >= 0.3 is 0 Å². The molecule has 96 valence electrons. The number of aromatic nitrogens is 4. The number of hydrogen-bond acceptors (Lipinski definition) is 5. The van der Waals surface area contributed by atoms with Gasteiger partial charge in [0.15, 0.2) is 11.5 Å². The molecule has 0 saturated heterocycles. The van der Waals surface area contributed by atoms with Crippen LogP contribution in [0, 0.1) is 0 Å². The van der Waals surface area contributed by atoms with Crippen molar-refractivity contribution in [3.8, 4) is 0 Å². The van der Waals surface area contributed by atoms with Gasteiger partial charge in [0.25, 0.3) is 0 Å². The summed E-state index contributed by atoms with van der Waals surface area (Å²) in [6.45, 7) is 3.27. The zero-order valence-electron chi connectivity index (χ0n) is 10.2. The Labute approximate surface area is 104 Å². The summed E-state index contributed by atoms with van der Waals surface area (Å²) in [6, 6.07) is 0. The number of carbonyl (C=O) groups is 1. The van der Waals surface area contributed by atoms with Crippen molar-refractivity contribution in [3.63, 3.8) is 0 Å². The number of aromatic amines is 1. The maximum atomic E-state index is 11.4. The number of carbonyl (C=O) groups excluding carboxylic acids is 1. The summed E-state index contributed by atoms with van der Waals surface area (Å²) in [5.74, 6) is 0.708. The van der Waals surface area contributed by atoms with E-state index in [2.05, 4.69) is 30.6 Å². The highest BCUT2D eigenvalue weighted by molar-refractivity contribution is 5.82. The highest BCUT2D eigenvalue weighted by Crippen LogP contribution is 2.13. The standard InChI is InChI=1S/C11H16N6O/c1-2-4-12-8(18)3-5-13-10-9-11(15-6-14-9)17-7-16-10/h6-7H,2-5H2,1H3,(H,12,18)(H2,13,14,15,16,17). The molecule has 0 radical (unpaired) electrons. The maximum absolute atomic E-state index is 11.4. The Balaban J connectivity index is 1.87. The number of amides is 1. The van der Waals surface area contributed by atoms with E-state index in [0.29, 0.717) is 24.4 Å². The topological polar surface area (TPSA) is 95.6 Å². The Hall–Kier alpha value is -2.18. The molecule has 0 atom stereocenters. The largest absolute Gasteiger partial charge is 0.368 e. The van der Waals surface area contributed by atoms with Gasteiger partial charge in [-0.3, -0.25) is 4.79 Å². The van der Waals surface area contributed by atoms with Crippen molar-refractivity contribution in [2.24, 2.45) is 0 Å². The quantitative estimate of drug-likeness (QED) is 0.698. The van der Waals surface area contributed by atoms with E-state index in [4.69, 9.17) is 0 Å². The zero-order chi connectivity index (χ0) is 12.8. The number of anilines is 1. The lowest BCUT2D eigenvalue weighted by Crippen LogP contribution is -2.26. The van der Waals surface area contributed by atoms with Gasteiger partial charge in [0, 0.05) is 19.5 Å². The first-order valence-corrected chi connectivity index (χ1v) is 5.96. The van der Waals surface area contributed by atoms with Crippen LogP contribution in [-0.2, 0) is 4.79 Å². The van der Waals surface area contributed by atoms with Crippen molar-refractivity contribution in [1.82, 2.24) is 25.3 Å². The highest BCUT2D eigenvalue weighted by Gasteiger charge is 2.05. The van der Waals surface area contributed by atoms with Crippen molar-refractivity contribution < 1.29 is 4.79 Å². The molecular weight excluding hydrogens is 232 g/mol. The lowest BCUT2D eigenvalue weighted by molar-refractivity contribution is -0.120. The van der Waals surface area contributed by atoms with Crippen molar-refractivity contribution in [1.29, 1.82) is 0 Å². The van der Waals surface area contributed by atoms with Gasteiger partial charge in [0.05, 0.1) is 6.33 Å². The van der Waals surface area contributed by atoms with Crippen LogP contribution in [0.15, 0.2) is 12.7 Å². The third kappa shape index (κ3) is 2.93. The van der Waals surface area contributed by atoms with Crippen LogP contribution in [0.25, 0.3) is 11.2 Å². The highest BCUT2D eigenvalue weighted by atomic mass is 16.1. The van der Waals surface area contributed by atoms with Crippen LogP contribution >= 0.6 is 0 Å². The Morgan fingerprint density at radius 3 is 3.06 bits per heavy atom. The number of H-pyrrole nitrogens is 1. The van der Waals surface area contributed by atoms with Crippen LogP contribution in [0.3, 0.4) is 0 Å². The molecule has 18 heavy (non-hydrogen) atoms. The van der Waals surface area contributed by atoms with E-state index in [1.807, 2.05) is 6.92 Å². The van der Waals surface area contributed by atoms with E-state index in [-0.39, 0.29) is 5.91 Å². The molecule has 0 aliphatic rings. The second-order valence-electron chi connectivity index (χ2n) is 3.85. The van der Waals surface area contributed by atoms with Crippen LogP contribution < -0.4 is 10.6 Å². The minimum Gasteiger partial charge on any atom is -0.368 e. The van der Waals surface area contributed by atoms with E-state index in [0.717, 1.165) is 18.5 Å². The van der Waals surface area contributed by atoms with Crippen LogP contribution in [0.4, 0.5) is 5.82 Å². The minimum atomic E-state index is 0.0410. The van der Waals surface area contributed by atoms with E-state index >= 15 is 0 Å². The van der Waals surface area contributed by atoms with Gasteiger partial charge in [-0.2, -0.15) is 0 Å². The lowest BCUT2D eigenvalue weighted by atomic mass is 10.3. The second-order valence-corrected chi connectivity index (χ2v) is 3.85. The third-order valence-electron chi connectivity index (χ3n) is 2.44. The fourth-order valence-electron chi connectivity index (χ4n) is 1.55. The summed E-state index contributed by atoms with van der Waals surface area (Å²) >= 11 is 0. The Morgan fingerprint density at radius 1 is 1.33 bits per heavy atom. The first-order valence-electron chi connectivity index (χ1n) is 5.96. The molecule has 0 fully saturated rings. The van der Waals surface area contributed by atoms with Gasteiger partial charge in [-0.1, -0.05) is 6.92 Å². The van der Waals surface area contributed by atoms with Crippen molar-refractivity contribution in [3.05, 3.63) is 12.7 Å². The first kappa shape index (κ1) is 12.3. The molecule has 7 heteroatoms. The fourth-order valence-corrected chi connectivity index (χ4v) is 1.55. The lowest BCUT2D eigenvalue weighted by Gasteiger charge is -2.06. The molecule has 0 spiro atoms. The van der Waals surface area contributed by atoms with E-state index in [1.165, 1.54) is 6.33 Å². The van der Waals surface area contributed by atoms with Crippen LogP contribution in [0.1, 0.15) is 19.8 Å². The third-order valence-corrected chi connectivity index (χ3v) is 2.44. The molecule has 2 aromatic rings. The molecular formula is C11H16N6O. The number of nitrogens with one attached hydrogen (secondary N) is 3. The first-order chi connectivity index (χ1) is 8.81. The summed E-state index contributed by atoms with van der Waals surface area (Å²) in [6.07, 6.45) is 4.38. The van der Waals surface area contributed by atoms with Gasteiger partial charge in [0.1, 0.15) is 11.8 Å². The average molecular weight is 248 g/mol. The zero-order valence-corrected chi connectivity index (χ0v) is 10.2. The summed E-state index contributed by atoms with van der Waals surface area (Å²) in [5.41, 5.74) is 1.37. The number of hydrogen-bond donors (Lipinski definition) is 3. The molecule has 0 aliphatic carbocycles. The molecule has 2 heterocycles. The summed E-state index contributed by atoms with van der Waals surface area (Å²) in [7, 11) is 0. The number of rotatable bonds is 6. The Kier molecular flexibility index (Phi) is 4.06. The SMILES string of the molecule is CCCNC(=O)CCNc1ncnc2nc[nH]c12. The normalized spacial score (nSPS) is 10.5. The van der Waals surface area contributed by atoms with Crippen LogP contribution in [-0.4, -0.2) is 38.9 Å². The van der Waals surface area contributed by atoms with Crippen LogP contribution in [0.5, 0.6) is 0 Å². The number of nitrogens with zero attached hydrogens (tertiary/aromatic N) is 3. The molecule has 2 aromatic heterocycles. The fraction of sp³-hybridized carbons (Fsp3) is 0.455. The predicted molar refractivity (Wildman–Crippen MR) is 68.1 cm³/mol. The Morgan fingerprint density at radius 2 is 2.22 bits per heavy atom. The van der Waals surface area contributed by atoms with Crippen LogP contribution in [0.2, 0.25) is 0 Å². The summed E-state index contributed by atoms with van der Waals surface area (Å²) in [5, 5.41) is 5.92. The molecule has 1 amide bonds. The van der Waals surface area contributed by atoms with Gasteiger partial charge in [0.2, 0.25) is 5.91 Å². The Bertz CT molecular complexity index is 523. The van der Waals surface area contributed by atoms with Crippen molar-refractivity contribution in [2.75, 3.05) is 18.4 Å². The number of fused-ring (bicyclic) bond motifs is 1. The maximum Gasteiger partial charge on any atom is 0.221 e. The minimum absolute atomic E-state index is 0.0410. The summed E-state index contributed by atoms with van der Waals surface area (Å²) in [4.78, 5) is 26.5.